The molecule has 25 heavy (non-hydrogen) atoms. The Morgan fingerprint density at radius 3 is 2.36 bits per heavy atom. The summed E-state index contributed by atoms with van der Waals surface area (Å²) in [7, 11) is -5.73. The maximum absolute atomic E-state index is 12.5. The lowest BCUT2D eigenvalue weighted by Gasteiger charge is -2.43. The van der Waals surface area contributed by atoms with Crippen LogP contribution in [0, 0.1) is 6.92 Å². The third kappa shape index (κ3) is 3.98. The molecule has 0 saturated carbocycles. The van der Waals surface area contributed by atoms with Crippen molar-refractivity contribution in [1.29, 1.82) is 0 Å². The Morgan fingerprint density at radius 1 is 1.20 bits per heavy atom. The summed E-state index contributed by atoms with van der Waals surface area (Å²) >= 11 is 0. The second-order valence-corrected chi connectivity index (χ2v) is 7.54. The van der Waals surface area contributed by atoms with E-state index in [0.29, 0.717) is 30.5 Å². The predicted octanol–water partition coefficient (Wildman–Crippen LogP) is 1.14. The third-order valence-corrected chi connectivity index (χ3v) is 5.17. The van der Waals surface area contributed by atoms with E-state index < -0.39 is 21.5 Å². The van der Waals surface area contributed by atoms with E-state index in [-0.39, 0.29) is 0 Å². The summed E-state index contributed by atoms with van der Waals surface area (Å²) < 4.78 is 69.0. The highest BCUT2D eigenvalue weighted by Crippen LogP contribution is 2.29. The molecule has 140 valence electrons. The summed E-state index contributed by atoms with van der Waals surface area (Å²) in [6, 6.07) is 3.34. The molecule has 0 N–H and O–H groups in total. The molecule has 0 spiro atoms. The van der Waals surface area contributed by atoms with Crippen LogP contribution in [0.25, 0.3) is 0 Å². The van der Waals surface area contributed by atoms with Crippen LogP contribution in [0.3, 0.4) is 0 Å². The van der Waals surface area contributed by atoms with Gasteiger partial charge in [-0.3, -0.25) is 4.90 Å². The molecule has 3 heterocycles. The van der Waals surface area contributed by atoms with Gasteiger partial charge in [-0.15, -0.1) is 0 Å². The van der Waals surface area contributed by atoms with Crippen LogP contribution < -0.4 is 9.08 Å². The monoisotopic (exact) mass is 381 g/mol. The van der Waals surface area contributed by atoms with Gasteiger partial charge in [-0.25, -0.2) is 4.98 Å². The standard InChI is InChI=1S/C14H18F3N3O4S/c1-10-6-11(7-13(18-10)24-25(21,22)14(15,16)17)19-2-4-20(5-3-19)12-8-23-9-12/h6-7,12H,2-5,8-9H2,1H3. The minimum atomic E-state index is -5.73. The number of rotatable bonds is 4. The molecule has 2 aliphatic heterocycles. The van der Waals surface area contributed by atoms with E-state index in [2.05, 4.69) is 14.1 Å². The van der Waals surface area contributed by atoms with Crippen molar-refractivity contribution in [2.45, 2.75) is 18.5 Å². The van der Waals surface area contributed by atoms with Gasteiger partial charge >= 0.3 is 15.6 Å². The van der Waals surface area contributed by atoms with Gasteiger partial charge in [0.2, 0.25) is 5.88 Å². The Hall–Kier alpha value is -1.59. The SMILES string of the molecule is Cc1cc(N2CCN(C3COC3)CC2)cc(OS(=O)(=O)C(F)(F)F)n1. The molecule has 0 radical (unpaired) electrons. The molecule has 0 amide bonds. The maximum atomic E-state index is 12.5. The van der Waals surface area contributed by atoms with Gasteiger partial charge in [0.25, 0.3) is 0 Å². The van der Waals surface area contributed by atoms with Crippen LogP contribution in [-0.2, 0) is 14.9 Å². The average molecular weight is 381 g/mol. The molecule has 1 aromatic heterocycles. The fourth-order valence-corrected chi connectivity index (χ4v) is 3.19. The van der Waals surface area contributed by atoms with E-state index in [0.717, 1.165) is 26.3 Å². The lowest BCUT2D eigenvalue weighted by Crippen LogP contribution is -2.56. The summed E-state index contributed by atoms with van der Waals surface area (Å²) in [6.07, 6.45) is 0. The van der Waals surface area contributed by atoms with Crippen LogP contribution >= 0.6 is 0 Å². The highest BCUT2D eigenvalue weighted by molar-refractivity contribution is 7.87. The summed E-state index contributed by atoms with van der Waals surface area (Å²) in [5.41, 5.74) is -4.53. The first kappa shape index (κ1) is 18.2. The fraction of sp³-hybridized carbons (Fsp3) is 0.643. The largest absolute Gasteiger partial charge is 0.534 e. The van der Waals surface area contributed by atoms with Crippen molar-refractivity contribution in [2.24, 2.45) is 0 Å². The molecule has 2 aliphatic rings. The van der Waals surface area contributed by atoms with Crippen molar-refractivity contribution in [1.82, 2.24) is 9.88 Å². The van der Waals surface area contributed by atoms with Gasteiger partial charge in [-0.2, -0.15) is 21.6 Å². The quantitative estimate of drug-likeness (QED) is 0.572. The van der Waals surface area contributed by atoms with Gasteiger partial charge in [0.1, 0.15) is 0 Å². The number of aryl methyl sites for hydroxylation is 1. The first-order chi connectivity index (χ1) is 11.7. The van der Waals surface area contributed by atoms with E-state index >= 15 is 0 Å². The zero-order valence-electron chi connectivity index (χ0n) is 13.5. The Bertz CT molecular complexity index is 729. The van der Waals surface area contributed by atoms with Crippen LogP contribution in [0.4, 0.5) is 18.9 Å². The van der Waals surface area contributed by atoms with Gasteiger partial charge in [0.05, 0.1) is 19.3 Å². The molecule has 0 bridgehead atoms. The maximum Gasteiger partial charge on any atom is 0.534 e. The van der Waals surface area contributed by atoms with Gasteiger partial charge in [-0.05, 0) is 13.0 Å². The van der Waals surface area contributed by atoms with Gasteiger partial charge in [0, 0.05) is 43.6 Å². The first-order valence-corrected chi connectivity index (χ1v) is 9.13. The van der Waals surface area contributed by atoms with E-state index in [1.54, 1.807) is 13.0 Å². The Labute approximate surface area is 143 Å². The zero-order chi connectivity index (χ0) is 18.2. The van der Waals surface area contributed by atoms with E-state index in [1.807, 2.05) is 4.90 Å². The average Bonchev–Trinajstić information content (AvgIpc) is 2.44. The number of anilines is 1. The summed E-state index contributed by atoms with van der Waals surface area (Å²) in [6.45, 7) is 5.96. The molecule has 1 aromatic rings. The van der Waals surface area contributed by atoms with Crippen molar-refractivity contribution in [3.8, 4) is 5.88 Å². The van der Waals surface area contributed by atoms with Gasteiger partial charge in [-0.1, -0.05) is 0 Å². The Morgan fingerprint density at radius 2 is 1.84 bits per heavy atom. The van der Waals surface area contributed by atoms with Crippen LogP contribution in [0.2, 0.25) is 0 Å². The van der Waals surface area contributed by atoms with Crippen molar-refractivity contribution in [3.63, 3.8) is 0 Å². The number of hydrogen-bond donors (Lipinski definition) is 0. The molecular weight excluding hydrogens is 363 g/mol. The van der Waals surface area contributed by atoms with Crippen LogP contribution in [0.5, 0.6) is 5.88 Å². The molecule has 0 unspecified atom stereocenters. The molecule has 2 fully saturated rings. The molecule has 0 atom stereocenters. The number of pyridine rings is 1. The van der Waals surface area contributed by atoms with Crippen molar-refractivity contribution in [3.05, 3.63) is 17.8 Å². The molecule has 7 nitrogen and oxygen atoms in total. The zero-order valence-corrected chi connectivity index (χ0v) is 14.3. The minimum absolute atomic E-state index is 0.375. The molecule has 11 heteroatoms. The summed E-state index contributed by atoms with van der Waals surface area (Å²) in [5.74, 6) is -0.581. The normalized spacial score (nSPS) is 20.4. The topological polar surface area (TPSA) is 72.0 Å². The lowest BCUT2D eigenvalue weighted by atomic mass is 10.1. The number of halogens is 3. The van der Waals surface area contributed by atoms with Crippen LogP contribution in [0.15, 0.2) is 12.1 Å². The summed E-state index contributed by atoms with van der Waals surface area (Å²) in [4.78, 5) is 8.01. The molecule has 3 rings (SSSR count). The van der Waals surface area contributed by atoms with Crippen LogP contribution in [-0.4, -0.2) is 69.2 Å². The number of piperazine rings is 1. The molecule has 2 saturated heterocycles. The van der Waals surface area contributed by atoms with Gasteiger partial charge in [0.15, 0.2) is 0 Å². The smallest absolute Gasteiger partial charge is 0.378 e. The fourth-order valence-electron chi connectivity index (χ4n) is 2.78. The Balaban J connectivity index is 1.72. The second kappa shape index (κ2) is 6.61. The van der Waals surface area contributed by atoms with E-state index in [9.17, 15) is 21.6 Å². The van der Waals surface area contributed by atoms with Gasteiger partial charge < -0.3 is 13.8 Å². The number of alkyl halides is 3. The number of aromatic nitrogens is 1. The van der Waals surface area contributed by atoms with E-state index in [4.69, 9.17) is 4.74 Å². The Kier molecular flexibility index (Phi) is 4.82. The lowest BCUT2D eigenvalue weighted by molar-refractivity contribution is -0.0660. The predicted molar refractivity (Wildman–Crippen MR) is 83.0 cm³/mol. The van der Waals surface area contributed by atoms with Crippen LogP contribution in [0.1, 0.15) is 5.69 Å². The van der Waals surface area contributed by atoms with Crippen molar-refractivity contribution < 1.29 is 30.5 Å². The van der Waals surface area contributed by atoms with Crippen molar-refractivity contribution in [2.75, 3.05) is 44.3 Å². The molecule has 0 aliphatic carbocycles. The number of hydrogen-bond acceptors (Lipinski definition) is 7. The number of nitrogens with zero attached hydrogens (tertiary/aromatic N) is 3. The van der Waals surface area contributed by atoms with Crippen molar-refractivity contribution >= 4 is 15.8 Å². The third-order valence-electron chi connectivity index (χ3n) is 4.21. The minimum Gasteiger partial charge on any atom is -0.378 e. The second-order valence-electron chi connectivity index (χ2n) is 6.00. The first-order valence-electron chi connectivity index (χ1n) is 7.72. The van der Waals surface area contributed by atoms with E-state index in [1.165, 1.54) is 6.07 Å². The highest BCUT2D eigenvalue weighted by Gasteiger charge is 2.49. The molecular formula is C14H18F3N3O4S. The summed E-state index contributed by atoms with van der Waals surface area (Å²) in [5, 5.41) is 0. The number of ether oxygens (including phenoxy) is 1. The highest BCUT2D eigenvalue weighted by atomic mass is 32.2. The molecule has 0 aromatic carbocycles.